The number of carbonyl (C=O) groups excluding carboxylic acids is 2. The molecule has 4 atom stereocenters. The summed E-state index contributed by atoms with van der Waals surface area (Å²) >= 11 is 3.48. The number of amides is 2. The number of carbonyl (C=O) groups is 2. The van der Waals surface area contributed by atoms with Crippen molar-refractivity contribution < 1.29 is 24.9 Å². The number of benzene rings is 2. The van der Waals surface area contributed by atoms with E-state index in [1.54, 1.807) is 12.1 Å². The van der Waals surface area contributed by atoms with E-state index in [0.29, 0.717) is 25.7 Å². The molecule has 2 heterocycles. The van der Waals surface area contributed by atoms with Crippen molar-refractivity contribution in [2.45, 2.75) is 83.9 Å². The van der Waals surface area contributed by atoms with Crippen molar-refractivity contribution in [3.05, 3.63) is 80.8 Å². The van der Waals surface area contributed by atoms with Gasteiger partial charge in [0.2, 0.25) is 11.8 Å². The van der Waals surface area contributed by atoms with Gasteiger partial charge in [0.05, 0.1) is 24.5 Å². The van der Waals surface area contributed by atoms with Crippen LogP contribution in [0.4, 0.5) is 0 Å². The molecule has 2 fully saturated rings. The van der Waals surface area contributed by atoms with Gasteiger partial charge in [-0.2, -0.15) is 0 Å². The number of imide groups is 1. The number of phenols is 1. The van der Waals surface area contributed by atoms with E-state index in [1.165, 1.54) is 10.5 Å². The third kappa shape index (κ3) is 7.46. The molecule has 0 radical (unpaired) electrons. The summed E-state index contributed by atoms with van der Waals surface area (Å²) in [4.78, 5) is 31.7. The van der Waals surface area contributed by atoms with Gasteiger partial charge in [-0.3, -0.25) is 19.4 Å². The first kappa shape index (κ1) is 33.6. The molecule has 3 N–H and O–H groups in total. The van der Waals surface area contributed by atoms with Gasteiger partial charge in [-0.1, -0.05) is 83.8 Å². The first-order valence-electron chi connectivity index (χ1n) is 16.6. The van der Waals surface area contributed by atoms with Crippen molar-refractivity contribution in [1.82, 2.24) is 9.80 Å². The highest BCUT2D eigenvalue weighted by molar-refractivity contribution is 9.10. The van der Waals surface area contributed by atoms with E-state index in [0.717, 1.165) is 72.1 Å². The van der Waals surface area contributed by atoms with Gasteiger partial charge < -0.3 is 15.3 Å². The lowest BCUT2D eigenvalue weighted by atomic mass is 9.67. The summed E-state index contributed by atoms with van der Waals surface area (Å²) in [6, 6.07) is 15.6. The highest BCUT2D eigenvalue weighted by atomic mass is 79.9. The molecular weight excluding hydrogens is 632 g/mol. The molecular formula is C37H47BrN2O5. The van der Waals surface area contributed by atoms with Crippen LogP contribution in [0.25, 0.3) is 6.08 Å². The summed E-state index contributed by atoms with van der Waals surface area (Å²) in [5.41, 5.74) is 4.85. The largest absolute Gasteiger partial charge is 0.507 e. The molecule has 7 nitrogen and oxygen atoms in total. The number of hydrogen-bond acceptors (Lipinski definition) is 6. The summed E-state index contributed by atoms with van der Waals surface area (Å²) in [6.45, 7) is 6.36. The van der Waals surface area contributed by atoms with Crippen LogP contribution in [0.2, 0.25) is 0 Å². The summed E-state index contributed by atoms with van der Waals surface area (Å²) in [6.07, 6.45) is 6.61. The molecule has 0 bridgehead atoms. The SMILES string of the molecule is CCC/C(=C\c1cc(Br)ccc1O)CC[C@@H](O)C1=C(CC)C[C@H]2C(=O)N(C3CCN(Cc4ccccc4)CC3)C(=O)[C@H]2[C@H]1CO. The molecule has 0 aromatic heterocycles. The molecule has 2 saturated heterocycles. The highest BCUT2D eigenvalue weighted by Gasteiger charge is 2.56. The number of hydrogen-bond donors (Lipinski definition) is 3. The van der Waals surface area contributed by atoms with Crippen molar-refractivity contribution in [2.75, 3.05) is 19.7 Å². The van der Waals surface area contributed by atoms with E-state index in [2.05, 4.69) is 39.9 Å². The quantitative estimate of drug-likeness (QED) is 0.176. The molecule has 242 valence electrons. The normalized spacial score (nSPS) is 24.0. The molecule has 45 heavy (non-hydrogen) atoms. The molecule has 2 aliphatic heterocycles. The number of phenolic OH excluding ortho intramolecular Hbond substituents is 1. The number of aromatic hydroxyl groups is 1. The van der Waals surface area contributed by atoms with Gasteiger partial charge in [0.1, 0.15) is 5.75 Å². The summed E-state index contributed by atoms with van der Waals surface area (Å²) in [5, 5.41) is 32.7. The van der Waals surface area contributed by atoms with Crippen LogP contribution in [0.5, 0.6) is 5.75 Å². The molecule has 0 spiro atoms. The average molecular weight is 680 g/mol. The number of allylic oxidation sites excluding steroid dienone is 2. The minimum Gasteiger partial charge on any atom is -0.507 e. The number of likely N-dealkylation sites (tertiary alicyclic amines) is 2. The van der Waals surface area contributed by atoms with Crippen LogP contribution in [-0.2, 0) is 16.1 Å². The highest BCUT2D eigenvalue weighted by Crippen LogP contribution is 2.48. The second kappa shape index (κ2) is 15.2. The van der Waals surface area contributed by atoms with Gasteiger partial charge in [-0.05, 0) is 74.3 Å². The maximum Gasteiger partial charge on any atom is 0.234 e. The molecule has 0 saturated carbocycles. The van der Waals surface area contributed by atoms with Crippen LogP contribution in [0.15, 0.2) is 69.7 Å². The Kier molecular flexibility index (Phi) is 11.3. The van der Waals surface area contributed by atoms with E-state index in [-0.39, 0.29) is 30.2 Å². The molecule has 0 unspecified atom stereocenters. The standard InChI is InChI=1S/C37H47BrN2O5/c1-3-8-24(19-27-20-28(38)12-14-32(27)42)11-13-33(43)34-26(4-2)21-30-35(31(34)23-41)37(45)40(36(30)44)29-15-17-39(18-16-29)22-25-9-6-5-7-10-25/h5-7,9-10,12,14,19-20,29-31,33,35,41-43H,3-4,8,11,13,15-18,21-23H2,1-2H3/b24-19+/t30-,31+,33-,35-/m1/s1. The Bertz CT molecular complexity index is 1420. The molecule has 2 amide bonds. The zero-order chi connectivity index (χ0) is 32.1. The Morgan fingerprint density at radius 2 is 1.78 bits per heavy atom. The second-order valence-corrected chi connectivity index (χ2v) is 13.8. The predicted molar refractivity (Wildman–Crippen MR) is 180 cm³/mol. The van der Waals surface area contributed by atoms with Gasteiger partial charge in [0.25, 0.3) is 0 Å². The van der Waals surface area contributed by atoms with E-state index < -0.39 is 23.9 Å². The average Bonchev–Trinajstić information content (AvgIpc) is 3.30. The van der Waals surface area contributed by atoms with E-state index in [4.69, 9.17) is 0 Å². The Labute approximate surface area is 275 Å². The lowest BCUT2D eigenvalue weighted by molar-refractivity contribution is -0.144. The number of fused-ring (bicyclic) bond motifs is 1. The molecule has 1 aliphatic carbocycles. The van der Waals surface area contributed by atoms with Gasteiger partial charge in [-0.15, -0.1) is 0 Å². The smallest absolute Gasteiger partial charge is 0.234 e. The number of nitrogens with zero attached hydrogens (tertiary/aromatic N) is 2. The fourth-order valence-corrected chi connectivity index (χ4v) is 8.17. The minimum absolute atomic E-state index is 0.105. The van der Waals surface area contributed by atoms with Gasteiger partial charge in [0.15, 0.2) is 0 Å². The lowest BCUT2D eigenvalue weighted by Crippen LogP contribution is -2.47. The van der Waals surface area contributed by atoms with Crippen molar-refractivity contribution in [3.8, 4) is 5.75 Å². The molecule has 3 aliphatic rings. The van der Waals surface area contributed by atoms with Crippen LogP contribution < -0.4 is 0 Å². The topological polar surface area (TPSA) is 101 Å². The molecule has 5 rings (SSSR count). The van der Waals surface area contributed by atoms with Crippen LogP contribution in [0.1, 0.15) is 76.3 Å². The van der Waals surface area contributed by atoms with Crippen LogP contribution in [0, 0.1) is 17.8 Å². The summed E-state index contributed by atoms with van der Waals surface area (Å²) in [7, 11) is 0. The Morgan fingerprint density at radius 1 is 1.04 bits per heavy atom. The third-order valence-electron chi connectivity index (χ3n) is 10.0. The number of rotatable bonds is 12. The van der Waals surface area contributed by atoms with Gasteiger partial charge in [0, 0.05) is 41.6 Å². The number of piperidine rings is 1. The molecule has 8 heteroatoms. The van der Waals surface area contributed by atoms with Crippen molar-refractivity contribution in [1.29, 1.82) is 0 Å². The zero-order valence-corrected chi connectivity index (χ0v) is 28.1. The lowest BCUT2D eigenvalue weighted by Gasteiger charge is -2.37. The Hall–Kier alpha value is -2.78. The fraction of sp³-hybridized carbons (Fsp3) is 0.514. The number of aliphatic hydroxyl groups is 2. The third-order valence-corrected chi connectivity index (χ3v) is 10.5. The molecule has 2 aromatic rings. The maximum atomic E-state index is 14.0. The number of aliphatic hydroxyl groups excluding tert-OH is 2. The van der Waals surface area contributed by atoms with Crippen molar-refractivity contribution >= 4 is 33.8 Å². The van der Waals surface area contributed by atoms with E-state index in [1.807, 2.05) is 37.3 Å². The minimum atomic E-state index is -0.826. The Morgan fingerprint density at radius 3 is 2.44 bits per heavy atom. The monoisotopic (exact) mass is 678 g/mol. The first-order valence-corrected chi connectivity index (χ1v) is 17.4. The first-order chi connectivity index (χ1) is 21.7. The summed E-state index contributed by atoms with van der Waals surface area (Å²) in [5.74, 6) is -1.75. The van der Waals surface area contributed by atoms with Crippen molar-refractivity contribution in [2.24, 2.45) is 17.8 Å². The molecule has 2 aromatic carbocycles. The summed E-state index contributed by atoms with van der Waals surface area (Å²) < 4.78 is 0.880. The van der Waals surface area contributed by atoms with E-state index in [9.17, 15) is 24.9 Å². The van der Waals surface area contributed by atoms with Crippen LogP contribution in [-0.4, -0.2) is 68.8 Å². The Balaban J connectivity index is 1.29. The van der Waals surface area contributed by atoms with Gasteiger partial charge >= 0.3 is 0 Å². The second-order valence-electron chi connectivity index (χ2n) is 12.9. The van der Waals surface area contributed by atoms with E-state index >= 15 is 0 Å². The number of halogens is 1. The maximum absolute atomic E-state index is 14.0. The van der Waals surface area contributed by atoms with Gasteiger partial charge in [-0.25, -0.2) is 0 Å². The van der Waals surface area contributed by atoms with Crippen molar-refractivity contribution in [3.63, 3.8) is 0 Å². The zero-order valence-electron chi connectivity index (χ0n) is 26.5. The predicted octanol–water partition coefficient (Wildman–Crippen LogP) is 6.46. The van der Waals surface area contributed by atoms with Crippen LogP contribution >= 0.6 is 15.9 Å². The van der Waals surface area contributed by atoms with Crippen LogP contribution in [0.3, 0.4) is 0 Å². The fourth-order valence-electron chi connectivity index (χ4n) is 7.79.